The molecule has 0 aliphatic carbocycles. The number of amides is 1. The van der Waals surface area contributed by atoms with E-state index in [0.29, 0.717) is 13.1 Å². The SMILES string of the molecule is O=C(O)C[C@@H](CC(=O)N(CCc1cccs1)Cc1ccco1)c1cccs1. The molecule has 142 valence electrons. The largest absolute Gasteiger partial charge is 0.481 e. The number of furan rings is 1. The maximum absolute atomic E-state index is 13.0. The third kappa shape index (κ3) is 5.80. The fourth-order valence-corrected chi connectivity index (χ4v) is 4.46. The van der Waals surface area contributed by atoms with Gasteiger partial charge in [-0.2, -0.15) is 0 Å². The molecular formula is C20H21NO4S2. The van der Waals surface area contributed by atoms with Crippen LogP contribution in [0.25, 0.3) is 0 Å². The predicted molar refractivity (Wildman–Crippen MR) is 106 cm³/mol. The number of carboxylic acids is 1. The first-order chi connectivity index (χ1) is 13.1. The van der Waals surface area contributed by atoms with Gasteiger partial charge in [-0.15, -0.1) is 22.7 Å². The number of thiophene rings is 2. The molecule has 7 heteroatoms. The van der Waals surface area contributed by atoms with Crippen LogP contribution in [0.3, 0.4) is 0 Å². The second-order valence-electron chi connectivity index (χ2n) is 6.24. The van der Waals surface area contributed by atoms with Gasteiger partial charge in [0.15, 0.2) is 0 Å². The van der Waals surface area contributed by atoms with Crippen molar-refractivity contribution < 1.29 is 19.1 Å². The summed E-state index contributed by atoms with van der Waals surface area (Å²) in [4.78, 5) is 28.2. The van der Waals surface area contributed by atoms with Crippen LogP contribution < -0.4 is 0 Å². The van der Waals surface area contributed by atoms with Crippen LogP contribution >= 0.6 is 22.7 Å². The highest BCUT2D eigenvalue weighted by Gasteiger charge is 2.24. The Kier molecular flexibility index (Phi) is 6.84. The summed E-state index contributed by atoms with van der Waals surface area (Å²) in [6, 6.07) is 11.5. The van der Waals surface area contributed by atoms with Gasteiger partial charge in [-0.1, -0.05) is 12.1 Å². The zero-order chi connectivity index (χ0) is 19.1. The molecular weight excluding hydrogens is 382 g/mol. The minimum Gasteiger partial charge on any atom is -0.481 e. The summed E-state index contributed by atoms with van der Waals surface area (Å²) >= 11 is 3.16. The van der Waals surface area contributed by atoms with E-state index in [2.05, 4.69) is 6.07 Å². The molecule has 5 nitrogen and oxygen atoms in total. The topological polar surface area (TPSA) is 70.8 Å². The average molecular weight is 404 g/mol. The summed E-state index contributed by atoms with van der Waals surface area (Å²) in [6.07, 6.45) is 2.49. The van der Waals surface area contributed by atoms with Gasteiger partial charge in [-0.3, -0.25) is 9.59 Å². The first-order valence-electron chi connectivity index (χ1n) is 8.69. The van der Waals surface area contributed by atoms with Crippen molar-refractivity contribution in [3.05, 3.63) is 68.9 Å². The molecule has 1 atom stereocenters. The van der Waals surface area contributed by atoms with Crippen molar-refractivity contribution in [2.45, 2.75) is 31.7 Å². The molecule has 0 fully saturated rings. The van der Waals surface area contributed by atoms with E-state index < -0.39 is 5.97 Å². The van der Waals surface area contributed by atoms with Crippen molar-refractivity contribution >= 4 is 34.6 Å². The molecule has 1 N–H and O–H groups in total. The third-order valence-electron chi connectivity index (χ3n) is 4.28. The quantitative estimate of drug-likeness (QED) is 0.536. The van der Waals surface area contributed by atoms with Crippen molar-refractivity contribution in [1.82, 2.24) is 4.90 Å². The van der Waals surface area contributed by atoms with Gasteiger partial charge >= 0.3 is 5.97 Å². The summed E-state index contributed by atoms with van der Waals surface area (Å²) in [5.41, 5.74) is 0. The number of nitrogens with zero attached hydrogens (tertiary/aromatic N) is 1. The lowest BCUT2D eigenvalue weighted by Gasteiger charge is -2.24. The molecule has 0 spiro atoms. The van der Waals surface area contributed by atoms with Crippen LogP contribution in [0.5, 0.6) is 0 Å². The van der Waals surface area contributed by atoms with Gasteiger partial charge in [0.05, 0.1) is 19.2 Å². The number of carbonyl (C=O) groups is 2. The number of hydrogen-bond donors (Lipinski definition) is 1. The maximum atomic E-state index is 13.0. The van der Waals surface area contributed by atoms with Gasteiger partial charge < -0.3 is 14.4 Å². The normalized spacial score (nSPS) is 12.0. The van der Waals surface area contributed by atoms with Gasteiger partial charge in [0.2, 0.25) is 5.91 Å². The van der Waals surface area contributed by atoms with Gasteiger partial charge in [-0.25, -0.2) is 0 Å². The van der Waals surface area contributed by atoms with Gasteiger partial charge in [0.1, 0.15) is 5.76 Å². The second-order valence-corrected chi connectivity index (χ2v) is 8.25. The second kappa shape index (κ2) is 9.53. The van der Waals surface area contributed by atoms with Crippen LogP contribution in [0.1, 0.15) is 34.3 Å². The monoisotopic (exact) mass is 403 g/mol. The Morgan fingerprint density at radius 2 is 1.89 bits per heavy atom. The van der Waals surface area contributed by atoms with Crippen LogP contribution in [0, 0.1) is 0 Å². The maximum Gasteiger partial charge on any atom is 0.304 e. The summed E-state index contributed by atoms with van der Waals surface area (Å²) < 4.78 is 5.41. The van der Waals surface area contributed by atoms with Crippen LogP contribution in [-0.2, 0) is 22.6 Å². The number of carboxylic acid groups (broad SMARTS) is 1. The first-order valence-corrected chi connectivity index (χ1v) is 10.5. The summed E-state index contributed by atoms with van der Waals surface area (Å²) in [5, 5.41) is 13.2. The lowest BCUT2D eigenvalue weighted by molar-refractivity contribution is -0.138. The molecule has 0 radical (unpaired) electrons. The van der Waals surface area contributed by atoms with Crippen LogP contribution in [0.4, 0.5) is 0 Å². The lowest BCUT2D eigenvalue weighted by atomic mass is 9.98. The van der Waals surface area contributed by atoms with Crippen LogP contribution in [-0.4, -0.2) is 28.4 Å². The smallest absolute Gasteiger partial charge is 0.304 e. The number of rotatable bonds is 10. The van der Waals surface area contributed by atoms with E-state index in [-0.39, 0.29) is 24.7 Å². The molecule has 0 bridgehead atoms. The molecule has 0 aliphatic rings. The van der Waals surface area contributed by atoms with Gasteiger partial charge in [0.25, 0.3) is 0 Å². The standard InChI is InChI=1S/C20H21NO4S2/c22-19(12-15(13-20(23)24)18-6-3-11-27-18)21(14-16-4-1-9-25-16)8-7-17-5-2-10-26-17/h1-6,9-11,15H,7-8,12-14H2,(H,23,24)/t15-/m1/s1. The summed E-state index contributed by atoms with van der Waals surface area (Å²) in [6.45, 7) is 0.964. The Labute approximate surface area is 165 Å². The number of carbonyl (C=O) groups excluding carboxylic acids is 1. The Bertz CT molecular complexity index is 826. The Morgan fingerprint density at radius 1 is 1.07 bits per heavy atom. The zero-order valence-electron chi connectivity index (χ0n) is 14.7. The molecule has 3 heterocycles. The minimum absolute atomic E-state index is 0.0498. The van der Waals surface area contributed by atoms with Crippen molar-refractivity contribution in [3.8, 4) is 0 Å². The van der Waals surface area contributed by atoms with E-state index in [1.165, 1.54) is 16.2 Å². The summed E-state index contributed by atoms with van der Waals surface area (Å²) in [5.74, 6) is -0.531. The van der Waals surface area contributed by atoms with Crippen LogP contribution in [0.2, 0.25) is 0 Å². The molecule has 1 amide bonds. The van der Waals surface area contributed by atoms with Crippen molar-refractivity contribution in [2.75, 3.05) is 6.54 Å². The van der Waals surface area contributed by atoms with E-state index >= 15 is 0 Å². The van der Waals surface area contributed by atoms with E-state index in [9.17, 15) is 14.7 Å². The highest BCUT2D eigenvalue weighted by molar-refractivity contribution is 7.10. The molecule has 3 aromatic rings. The fraction of sp³-hybridized carbons (Fsp3) is 0.300. The molecule has 0 aromatic carbocycles. The predicted octanol–water partition coefficient (Wildman–Crippen LogP) is 4.62. The Balaban J connectivity index is 1.70. The average Bonchev–Trinajstić information content (AvgIpc) is 3.41. The van der Waals surface area contributed by atoms with Crippen molar-refractivity contribution in [1.29, 1.82) is 0 Å². The molecule has 0 unspecified atom stereocenters. The third-order valence-corrected chi connectivity index (χ3v) is 6.25. The van der Waals surface area contributed by atoms with Gasteiger partial charge in [0, 0.05) is 28.6 Å². The first kappa shape index (κ1) is 19.4. The van der Waals surface area contributed by atoms with Crippen molar-refractivity contribution in [3.63, 3.8) is 0 Å². The molecule has 3 aromatic heterocycles. The van der Waals surface area contributed by atoms with E-state index in [1.54, 1.807) is 28.6 Å². The fourth-order valence-electron chi connectivity index (χ4n) is 2.93. The minimum atomic E-state index is -0.891. The van der Waals surface area contributed by atoms with Crippen molar-refractivity contribution in [2.24, 2.45) is 0 Å². The lowest BCUT2D eigenvalue weighted by Crippen LogP contribution is -2.33. The van der Waals surface area contributed by atoms with E-state index in [1.807, 2.05) is 35.0 Å². The summed E-state index contributed by atoms with van der Waals surface area (Å²) in [7, 11) is 0. The van der Waals surface area contributed by atoms with Gasteiger partial charge in [-0.05, 0) is 41.4 Å². The van der Waals surface area contributed by atoms with E-state index in [4.69, 9.17) is 4.42 Å². The molecule has 0 aliphatic heterocycles. The molecule has 0 saturated carbocycles. The molecule has 0 saturated heterocycles. The highest BCUT2D eigenvalue weighted by Crippen LogP contribution is 2.29. The highest BCUT2D eigenvalue weighted by atomic mass is 32.1. The number of aliphatic carboxylic acids is 1. The number of hydrogen-bond acceptors (Lipinski definition) is 5. The Hall–Kier alpha value is -2.38. The van der Waals surface area contributed by atoms with E-state index in [0.717, 1.165) is 17.1 Å². The molecule has 3 rings (SSSR count). The Morgan fingerprint density at radius 3 is 2.52 bits per heavy atom. The zero-order valence-corrected chi connectivity index (χ0v) is 16.4. The molecule has 27 heavy (non-hydrogen) atoms. The van der Waals surface area contributed by atoms with Crippen LogP contribution in [0.15, 0.2) is 57.8 Å².